The van der Waals surface area contributed by atoms with Crippen LogP contribution < -0.4 is 0 Å². The van der Waals surface area contributed by atoms with Gasteiger partial charge >= 0.3 is 0 Å². The van der Waals surface area contributed by atoms with Gasteiger partial charge in [0.05, 0.1) is 26.4 Å². The molecule has 0 aromatic heterocycles. The van der Waals surface area contributed by atoms with Crippen LogP contribution in [-0.2, 0) is 14.2 Å². The summed E-state index contributed by atoms with van der Waals surface area (Å²) in [4.78, 5) is 0. The fourth-order valence-corrected chi connectivity index (χ4v) is 1.29. The van der Waals surface area contributed by atoms with Crippen molar-refractivity contribution in [3.05, 3.63) is 0 Å². The molecule has 6 nitrogen and oxygen atoms in total. The molecule has 1 fully saturated rings. The summed E-state index contributed by atoms with van der Waals surface area (Å²) in [6.07, 6.45) is -1.20. The minimum atomic E-state index is -0.886. The molecular weight excluding hydrogens is 204 g/mol. The van der Waals surface area contributed by atoms with E-state index in [0.29, 0.717) is 6.61 Å². The smallest absolute Gasteiger partial charge is 0.189 e. The van der Waals surface area contributed by atoms with Crippen molar-refractivity contribution in [1.29, 1.82) is 0 Å². The lowest BCUT2D eigenvalue weighted by atomic mass is 10.3. The first-order chi connectivity index (χ1) is 7.09. The lowest BCUT2D eigenvalue weighted by molar-refractivity contribution is -0.196. The van der Waals surface area contributed by atoms with E-state index in [2.05, 4.69) is 0 Å². The molecule has 0 amide bonds. The van der Waals surface area contributed by atoms with Crippen molar-refractivity contribution < 1.29 is 29.5 Å². The predicted octanol–water partition coefficient (Wildman–Crippen LogP) is -1.52. The quantitative estimate of drug-likeness (QED) is 0.506. The highest BCUT2D eigenvalue weighted by atomic mass is 16.8. The van der Waals surface area contributed by atoms with Crippen molar-refractivity contribution in [2.24, 2.45) is 0 Å². The molecule has 0 saturated carbocycles. The summed E-state index contributed by atoms with van der Waals surface area (Å²) in [5.41, 5.74) is 0. The molecule has 1 rings (SSSR count). The van der Waals surface area contributed by atoms with Crippen molar-refractivity contribution in [3.8, 4) is 0 Å². The fraction of sp³-hybridized carbons (Fsp3) is 1.00. The summed E-state index contributed by atoms with van der Waals surface area (Å²) in [6.45, 7) is 1.79. The van der Waals surface area contributed by atoms with E-state index in [0.717, 1.165) is 0 Å². The van der Waals surface area contributed by atoms with Crippen molar-refractivity contribution in [2.75, 3.05) is 33.0 Å². The highest BCUT2D eigenvalue weighted by Gasteiger charge is 2.37. The van der Waals surface area contributed by atoms with Crippen LogP contribution >= 0.6 is 0 Å². The third kappa shape index (κ3) is 4.02. The average molecular weight is 222 g/mol. The van der Waals surface area contributed by atoms with E-state index in [1.807, 2.05) is 0 Å². The Kier molecular flexibility index (Phi) is 4.91. The van der Waals surface area contributed by atoms with Gasteiger partial charge in [-0.15, -0.1) is 0 Å². The van der Waals surface area contributed by atoms with Gasteiger partial charge in [0, 0.05) is 0 Å². The minimum absolute atomic E-state index is 0.0304. The van der Waals surface area contributed by atoms with E-state index in [9.17, 15) is 0 Å². The number of rotatable bonds is 6. The topological polar surface area (TPSA) is 88.4 Å². The van der Waals surface area contributed by atoms with Gasteiger partial charge in [-0.25, -0.2) is 0 Å². The first-order valence-electron chi connectivity index (χ1n) is 4.89. The van der Waals surface area contributed by atoms with Crippen molar-refractivity contribution in [3.63, 3.8) is 0 Å². The van der Waals surface area contributed by atoms with Gasteiger partial charge in [0.25, 0.3) is 0 Å². The van der Waals surface area contributed by atoms with Crippen LogP contribution in [0.2, 0.25) is 0 Å². The highest BCUT2D eigenvalue weighted by molar-refractivity contribution is 4.74. The molecule has 0 aromatic rings. The Morgan fingerprint density at radius 3 is 2.80 bits per heavy atom. The standard InChI is InChI=1S/C9H18O6/c1-9(6-13-4-7(12)2-10)14-5-8(3-11)15-9/h7-8,10-12H,2-6H2,1H3. The number of ether oxygens (including phenoxy) is 3. The molecule has 15 heavy (non-hydrogen) atoms. The Balaban J connectivity index is 2.20. The molecule has 0 bridgehead atoms. The molecule has 0 spiro atoms. The third-order valence-corrected chi connectivity index (χ3v) is 2.08. The second-order valence-corrected chi connectivity index (χ2v) is 3.72. The van der Waals surface area contributed by atoms with E-state index in [1.54, 1.807) is 6.92 Å². The van der Waals surface area contributed by atoms with E-state index in [1.165, 1.54) is 0 Å². The van der Waals surface area contributed by atoms with Crippen molar-refractivity contribution >= 4 is 0 Å². The van der Waals surface area contributed by atoms with Gasteiger partial charge in [0.15, 0.2) is 5.79 Å². The van der Waals surface area contributed by atoms with Crippen LogP contribution in [0.4, 0.5) is 0 Å². The molecule has 3 N–H and O–H groups in total. The van der Waals surface area contributed by atoms with Crippen LogP contribution in [0.1, 0.15) is 6.92 Å². The van der Waals surface area contributed by atoms with Gasteiger partial charge in [-0.3, -0.25) is 0 Å². The van der Waals surface area contributed by atoms with Gasteiger partial charge < -0.3 is 29.5 Å². The third-order valence-electron chi connectivity index (χ3n) is 2.08. The van der Waals surface area contributed by atoms with E-state index < -0.39 is 11.9 Å². The number of aliphatic hydroxyl groups is 3. The molecule has 0 aromatic carbocycles. The maximum absolute atomic E-state index is 9.02. The second kappa shape index (κ2) is 5.74. The molecule has 0 radical (unpaired) electrons. The minimum Gasteiger partial charge on any atom is -0.394 e. The van der Waals surface area contributed by atoms with Crippen molar-refractivity contribution in [1.82, 2.24) is 0 Å². The SMILES string of the molecule is CC1(COCC(O)CO)OCC(CO)O1. The summed E-state index contributed by atoms with van der Waals surface area (Å²) in [7, 11) is 0. The van der Waals surface area contributed by atoms with E-state index in [-0.39, 0.29) is 32.5 Å². The van der Waals surface area contributed by atoms with Crippen LogP contribution in [0.15, 0.2) is 0 Å². The summed E-state index contributed by atoms with van der Waals surface area (Å²) >= 11 is 0. The maximum Gasteiger partial charge on any atom is 0.189 e. The Morgan fingerprint density at radius 2 is 2.27 bits per heavy atom. The van der Waals surface area contributed by atoms with E-state index >= 15 is 0 Å². The van der Waals surface area contributed by atoms with Crippen LogP contribution in [0.5, 0.6) is 0 Å². The number of hydrogen-bond acceptors (Lipinski definition) is 6. The molecule has 1 heterocycles. The molecule has 90 valence electrons. The van der Waals surface area contributed by atoms with Gasteiger partial charge in [-0.05, 0) is 6.92 Å². The van der Waals surface area contributed by atoms with Gasteiger partial charge in [-0.1, -0.05) is 0 Å². The lowest BCUT2D eigenvalue weighted by Crippen LogP contribution is -2.35. The van der Waals surface area contributed by atoms with Gasteiger partial charge in [-0.2, -0.15) is 0 Å². The summed E-state index contributed by atoms with van der Waals surface area (Å²) in [6, 6.07) is 0. The molecule has 1 aliphatic rings. The number of hydrogen-bond donors (Lipinski definition) is 3. The van der Waals surface area contributed by atoms with Crippen LogP contribution in [0.25, 0.3) is 0 Å². The molecule has 3 unspecified atom stereocenters. The van der Waals surface area contributed by atoms with Gasteiger partial charge in [0.2, 0.25) is 0 Å². The monoisotopic (exact) mass is 222 g/mol. The molecule has 1 saturated heterocycles. The molecular formula is C9H18O6. The van der Waals surface area contributed by atoms with E-state index in [4.69, 9.17) is 29.5 Å². The Morgan fingerprint density at radius 1 is 1.53 bits per heavy atom. The summed E-state index contributed by atoms with van der Waals surface area (Å²) < 4.78 is 15.8. The summed E-state index contributed by atoms with van der Waals surface area (Å²) in [5.74, 6) is -0.872. The zero-order chi connectivity index (χ0) is 11.3. The molecule has 0 aliphatic carbocycles. The van der Waals surface area contributed by atoms with Crippen LogP contribution in [0, 0.1) is 0 Å². The molecule has 3 atom stereocenters. The van der Waals surface area contributed by atoms with Crippen LogP contribution in [-0.4, -0.2) is 66.3 Å². The zero-order valence-corrected chi connectivity index (χ0v) is 8.76. The predicted molar refractivity (Wildman–Crippen MR) is 50.2 cm³/mol. The lowest BCUT2D eigenvalue weighted by Gasteiger charge is -2.23. The van der Waals surface area contributed by atoms with Crippen LogP contribution in [0.3, 0.4) is 0 Å². The summed E-state index contributed by atoms with van der Waals surface area (Å²) in [5, 5.41) is 26.4. The Hall–Kier alpha value is -0.240. The highest BCUT2D eigenvalue weighted by Crippen LogP contribution is 2.23. The molecule has 6 heteroatoms. The largest absolute Gasteiger partial charge is 0.394 e. The van der Waals surface area contributed by atoms with Gasteiger partial charge in [0.1, 0.15) is 18.8 Å². The maximum atomic E-state index is 9.02. The average Bonchev–Trinajstić information content (AvgIpc) is 2.60. The first-order valence-corrected chi connectivity index (χ1v) is 4.89. The van der Waals surface area contributed by atoms with Crippen molar-refractivity contribution in [2.45, 2.75) is 24.9 Å². The Labute approximate surface area is 88.4 Å². The number of aliphatic hydroxyl groups excluding tert-OH is 3. The first kappa shape index (κ1) is 12.8. The zero-order valence-electron chi connectivity index (χ0n) is 8.76. The Bertz CT molecular complexity index is 187. The second-order valence-electron chi connectivity index (χ2n) is 3.72. The normalized spacial score (nSPS) is 33.2. The fourth-order valence-electron chi connectivity index (χ4n) is 1.29. The molecule has 1 aliphatic heterocycles.